The lowest BCUT2D eigenvalue weighted by molar-refractivity contribution is 0.162. The van der Waals surface area contributed by atoms with E-state index in [9.17, 15) is 5.11 Å². The minimum atomic E-state index is -0.261. The highest BCUT2D eigenvalue weighted by Gasteiger charge is 2.28. The Hall–Kier alpha value is -1.02. The average molecular weight is 245 g/mol. The van der Waals surface area contributed by atoms with Gasteiger partial charge in [-0.2, -0.15) is 0 Å². The second kappa shape index (κ2) is 5.31. The predicted octanol–water partition coefficient (Wildman–Crippen LogP) is 3.65. The summed E-state index contributed by atoms with van der Waals surface area (Å²) in [4.78, 5) is 2.56. The molecule has 98 valence electrons. The minimum absolute atomic E-state index is 0.261. The largest absolute Gasteiger partial charge is 0.388 e. The molecule has 0 spiro atoms. The summed E-state index contributed by atoms with van der Waals surface area (Å²) >= 11 is 0. The average Bonchev–Trinajstić information content (AvgIpc) is 2.68. The van der Waals surface area contributed by atoms with Gasteiger partial charge in [0.2, 0.25) is 0 Å². The fraction of sp³-hybridized carbons (Fsp3) is 0.625. The van der Waals surface area contributed by atoms with Crippen molar-refractivity contribution in [1.29, 1.82) is 0 Å². The molecule has 1 saturated carbocycles. The van der Waals surface area contributed by atoms with Gasteiger partial charge in [0, 0.05) is 23.8 Å². The van der Waals surface area contributed by atoms with Crippen molar-refractivity contribution in [2.24, 2.45) is 0 Å². The van der Waals surface area contributed by atoms with Crippen LogP contribution in [0.5, 0.6) is 0 Å². The van der Waals surface area contributed by atoms with E-state index in [1.54, 1.807) is 0 Å². The van der Waals surface area contributed by atoms with Crippen molar-refractivity contribution in [3.05, 3.63) is 29.8 Å². The Morgan fingerprint density at radius 2 is 1.67 bits per heavy atom. The zero-order valence-electron chi connectivity index (χ0n) is 11.0. The van der Waals surface area contributed by atoms with Crippen LogP contribution in [-0.4, -0.2) is 17.7 Å². The van der Waals surface area contributed by atoms with E-state index in [1.165, 1.54) is 44.2 Å². The second-order valence-corrected chi connectivity index (χ2v) is 5.70. The summed E-state index contributed by atoms with van der Waals surface area (Å²) in [5.41, 5.74) is 2.41. The zero-order chi connectivity index (χ0) is 12.4. The molecule has 2 aliphatic rings. The Morgan fingerprint density at radius 1 is 0.944 bits per heavy atom. The van der Waals surface area contributed by atoms with E-state index in [1.807, 2.05) is 6.07 Å². The first kappa shape index (κ1) is 12.0. The van der Waals surface area contributed by atoms with Gasteiger partial charge in [-0.1, -0.05) is 43.9 Å². The lowest BCUT2D eigenvalue weighted by atomic mass is 9.95. The Morgan fingerprint density at radius 3 is 2.44 bits per heavy atom. The Balaban J connectivity index is 1.86. The van der Waals surface area contributed by atoms with Crippen molar-refractivity contribution < 1.29 is 5.11 Å². The molecule has 2 heteroatoms. The molecule has 1 heterocycles. The van der Waals surface area contributed by atoms with E-state index in [-0.39, 0.29) is 6.10 Å². The Bertz CT molecular complexity index is 396. The van der Waals surface area contributed by atoms with Crippen molar-refractivity contribution in [2.45, 2.75) is 57.1 Å². The van der Waals surface area contributed by atoms with Crippen molar-refractivity contribution in [3.63, 3.8) is 0 Å². The first-order valence-corrected chi connectivity index (χ1v) is 7.40. The molecule has 1 aromatic rings. The third kappa shape index (κ3) is 2.26. The van der Waals surface area contributed by atoms with Gasteiger partial charge in [0.05, 0.1) is 6.10 Å². The fourth-order valence-electron chi connectivity index (χ4n) is 3.52. The van der Waals surface area contributed by atoms with E-state index in [2.05, 4.69) is 23.1 Å². The normalized spacial score (nSPS) is 25.6. The van der Waals surface area contributed by atoms with Crippen molar-refractivity contribution in [2.75, 3.05) is 11.4 Å². The minimum Gasteiger partial charge on any atom is -0.388 e. The number of hydrogen-bond donors (Lipinski definition) is 1. The maximum absolute atomic E-state index is 10.1. The van der Waals surface area contributed by atoms with Gasteiger partial charge in [0.1, 0.15) is 0 Å². The number of anilines is 1. The van der Waals surface area contributed by atoms with Gasteiger partial charge < -0.3 is 10.0 Å². The molecule has 1 unspecified atom stereocenters. The predicted molar refractivity (Wildman–Crippen MR) is 74.9 cm³/mol. The molecular formula is C16H23NO. The molecule has 1 aliphatic carbocycles. The van der Waals surface area contributed by atoms with Crippen molar-refractivity contribution in [1.82, 2.24) is 0 Å². The molecule has 1 fully saturated rings. The molecule has 3 rings (SSSR count). The topological polar surface area (TPSA) is 23.5 Å². The molecule has 1 atom stereocenters. The molecule has 0 saturated heterocycles. The molecule has 0 radical (unpaired) electrons. The summed E-state index contributed by atoms with van der Waals surface area (Å²) in [5.74, 6) is 0. The first-order valence-electron chi connectivity index (χ1n) is 7.40. The molecule has 0 amide bonds. The van der Waals surface area contributed by atoms with E-state index in [4.69, 9.17) is 0 Å². The van der Waals surface area contributed by atoms with Crippen molar-refractivity contribution >= 4 is 5.69 Å². The van der Waals surface area contributed by atoms with Crippen LogP contribution in [0.3, 0.4) is 0 Å². The van der Waals surface area contributed by atoms with Gasteiger partial charge in [-0.15, -0.1) is 0 Å². The maximum Gasteiger partial charge on any atom is 0.0826 e. The van der Waals surface area contributed by atoms with Gasteiger partial charge in [0.15, 0.2) is 0 Å². The highest BCUT2D eigenvalue weighted by Crippen LogP contribution is 2.37. The van der Waals surface area contributed by atoms with Crippen LogP contribution in [0.1, 0.15) is 56.6 Å². The lowest BCUT2D eigenvalue weighted by Crippen LogP contribution is -2.39. The van der Waals surface area contributed by atoms with E-state index < -0.39 is 0 Å². The number of aliphatic hydroxyl groups excluding tert-OH is 1. The standard InChI is InChI=1S/C16H23NO/c18-16-11-12-17(13-7-3-1-2-4-8-13)15-10-6-5-9-14(15)16/h5-6,9-10,13,16,18H,1-4,7-8,11-12H2. The highest BCUT2D eigenvalue weighted by atomic mass is 16.3. The summed E-state index contributed by atoms with van der Waals surface area (Å²) in [5, 5.41) is 10.1. The molecule has 18 heavy (non-hydrogen) atoms. The monoisotopic (exact) mass is 245 g/mol. The number of nitrogens with zero attached hydrogens (tertiary/aromatic N) is 1. The summed E-state index contributed by atoms with van der Waals surface area (Å²) in [6.07, 6.45) is 8.80. The van der Waals surface area contributed by atoms with Crippen molar-refractivity contribution in [3.8, 4) is 0 Å². The van der Waals surface area contributed by atoms with Gasteiger partial charge in [-0.3, -0.25) is 0 Å². The number of fused-ring (bicyclic) bond motifs is 1. The van der Waals surface area contributed by atoms with Crippen LogP contribution >= 0.6 is 0 Å². The van der Waals surface area contributed by atoms with Crippen LogP contribution in [0.4, 0.5) is 5.69 Å². The van der Waals surface area contributed by atoms with Crippen LogP contribution in [0.2, 0.25) is 0 Å². The highest BCUT2D eigenvalue weighted by molar-refractivity contribution is 5.57. The van der Waals surface area contributed by atoms with E-state index >= 15 is 0 Å². The second-order valence-electron chi connectivity index (χ2n) is 5.70. The van der Waals surface area contributed by atoms with E-state index in [0.717, 1.165) is 18.5 Å². The van der Waals surface area contributed by atoms with Gasteiger partial charge in [-0.05, 0) is 25.3 Å². The number of para-hydroxylation sites is 1. The van der Waals surface area contributed by atoms with E-state index in [0.29, 0.717) is 6.04 Å². The third-order valence-corrected chi connectivity index (χ3v) is 4.51. The van der Waals surface area contributed by atoms with Crippen LogP contribution in [0.25, 0.3) is 0 Å². The quantitative estimate of drug-likeness (QED) is 0.763. The van der Waals surface area contributed by atoms with Gasteiger partial charge in [-0.25, -0.2) is 0 Å². The van der Waals surface area contributed by atoms with Crippen LogP contribution in [0, 0.1) is 0 Å². The number of aliphatic hydroxyl groups is 1. The summed E-state index contributed by atoms with van der Waals surface area (Å²) in [6, 6.07) is 9.10. The molecule has 1 N–H and O–H groups in total. The molecule has 2 nitrogen and oxygen atoms in total. The molecular weight excluding hydrogens is 222 g/mol. The number of hydrogen-bond acceptors (Lipinski definition) is 2. The summed E-state index contributed by atoms with van der Waals surface area (Å²) < 4.78 is 0. The summed E-state index contributed by atoms with van der Waals surface area (Å²) in [6.45, 7) is 1.02. The van der Waals surface area contributed by atoms with Crippen LogP contribution in [-0.2, 0) is 0 Å². The van der Waals surface area contributed by atoms with Crippen LogP contribution in [0.15, 0.2) is 24.3 Å². The molecule has 1 aliphatic heterocycles. The fourth-order valence-corrected chi connectivity index (χ4v) is 3.52. The SMILES string of the molecule is OC1CCN(C2CCCCCC2)c2ccccc21. The molecule has 1 aromatic carbocycles. The summed E-state index contributed by atoms with van der Waals surface area (Å²) in [7, 11) is 0. The lowest BCUT2D eigenvalue weighted by Gasteiger charge is -2.39. The molecule has 0 aromatic heterocycles. The Kier molecular flexibility index (Phi) is 3.55. The maximum atomic E-state index is 10.1. The van der Waals surface area contributed by atoms with Gasteiger partial charge >= 0.3 is 0 Å². The third-order valence-electron chi connectivity index (χ3n) is 4.51. The molecule has 0 bridgehead atoms. The number of benzene rings is 1. The first-order chi connectivity index (χ1) is 8.86. The number of rotatable bonds is 1. The smallest absolute Gasteiger partial charge is 0.0826 e. The zero-order valence-corrected chi connectivity index (χ0v) is 11.0. The van der Waals surface area contributed by atoms with Crippen LogP contribution < -0.4 is 4.90 Å². The Labute approximate surface area is 110 Å². The van der Waals surface area contributed by atoms with Gasteiger partial charge in [0.25, 0.3) is 0 Å².